The molecule has 0 amide bonds. The summed E-state index contributed by atoms with van der Waals surface area (Å²) >= 11 is 0. The summed E-state index contributed by atoms with van der Waals surface area (Å²) in [4.78, 5) is 8.42. The Balaban J connectivity index is 2.01. The highest BCUT2D eigenvalue weighted by atomic mass is 16.3. The second kappa shape index (κ2) is 5.07. The number of aliphatic hydroxyl groups excluding tert-OH is 1. The van der Waals surface area contributed by atoms with E-state index < -0.39 is 0 Å². The number of nitrogens with one attached hydrogen (secondary N) is 1. The normalized spacial score (nSPS) is 17.6. The number of aliphatic hydroxyl groups is 1. The summed E-state index contributed by atoms with van der Waals surface area (Å²) in [7, 11) is 0. The van der Waals surface area contributed by atoms with Gasteiger partial charge in [0.25, 0.3) is 0 Å². The molecule has 0 aliphatic heterocycles. The number of hydrogen-bond donors (Lipinski definition) is 2. The molecule has 0 spiro atoms. The lowest BCUT2D eigenvalue weighted by Crippen LogP contribution is -2.16. The fourth-order valence-electron chi connectivity index (χ4n) is 1.80. The molecule has 2 rings (SSSR count). The fourth-order valence-corrected chi connectivity index (χ4v) is 1.80. The van der Waals surface area contributed by atoms with Gasteiger partial charge < -0.3 is 10.4 Å². The van der Waals surface area contributed by atoms with Gasteiger partial charge in [-0.25, -0.2) is 9.97 Å². The minimum absolute atomic E-state index is 0.369. The van der Waals surface area contributed by atoms with Crippen LogP contribution >= 0.6 is 0 Å². The van der Waals surface area contributed by atoms with E-state index in [0.717, 1.165) is 24.4 Å². The number of nitrogens with zero attached hydrogens (tertiary/aromatic N) is 2. The lowest BCUT2D eigenvalue weighted by molar-refractivity contribution is 0.208. The van der Waals surface area contributed by atoms with Gasteiger partial charge in [0.1, 0.15) is 12.1 Å². The van der Waals surface area contributed by atoms with Crippen molar-refractivity contribution in [2.24, 2.45) is 0 Å². The second-order valence-corrected chi connectivity index (χ2v) is 4.20. The molecule has 1 aromatic heterocycles. The van der Waals surface area contributed by atoms with Crippen LogP contribution in [0.4, 0.5) is 5.82 Å². The zero-order valence-electron chi connectivity index (χ0n) is 9.43. The first kappa shape index (κ1) is 11.1. The minimum atomic E-state index is -0.369. The highest BCUT2D eigenvalue weighted by molar-refractivity contribution is 5.36. The van der Waals surface area contributed by atoms with Gasteiger partial charge in [-0.05, 0) is 19.8 Å². The van der Waals surface area contributed by atoms with Crippen molar-refractivity contribution in [3.05, 3.63) is 30.2 Å². The van der Waals surface area contributed by atoms with Crippen LogP contribution in [0.15, 0.2) is 24.5 Å². The van der Waals surface area contributed by atoms with Crippen LogP contribution in [0.25, 0.3) is 0 Å². The standard InChI is InChI=1S/C12H17N3O/c1-9(16)7-13-12-6-11(14-8-15-12)10-4-2-3-5-10/h2-3,6,8-10,16H,4-5,7H2,1H3,(H,13,14,15). The minimum Gasteiger partial charge on any atom is -0.392 e. The van der Waals surface area contributed by atoms with Gasteiger partial charge in [-0.15, -0.1) is 0 Å². The average Bonchev–Trinajstić information content (AvgIpc) is 2.80. The smallest absolute Gasteiger partial charge is 0.129 e. The molecule has 1 aliphatic carbocycles. The van der Waals surface area contributed by atoms with E-state index in [4.69, 9.17) is 0 Å². The Kier molecular flexibility index (Phi) is 3.51. The Morgan fingerprint density at radius 1 is 1.44 bits per heavy atom. The van der Waals surface area contributed by atoms with Crippen molar-refractivity contribution in [2.45, 2.75) is 31.8 Å². The topological polar surface area (TPSA) is 58.0 Å². The lowest BCUT2D eigenvalue weighted by atomic mass is 10.0. The maximum atomic E-state index is 9.18. The lowest BCUT2D eigenvalue weighted by Gasteiger charge is -2.11. The van der Waals surface area contributed by atoms with Crippen molar-refractivity contribution >= 4 is 5.82 Å². The van der Waals surface area contributed by atoms with Crippen LogP contribution in [0, 0.1) is 0 Å². The zero-order valence-corrected chi connectivity index (χ0v) is 9.43. The molecule has 0 bridgehead atoms. The molecule has 16 heavy (non-hydrogen) atoms. The van der Waals surface area contributed by atoms with Crippen LogP contribution in [-0.2, 0) is 0 Å². The molecule has 1 aliphatic rings. The molecule has 1 aromatic rings. The molecule has 2 N–H and O–H groups in total. The largest absolute Gasteiger partial charge is 0.392 e. The molecule has 0 saturated carbocycles. The van der Waals surface area contributed by atoms with Crippen LogP contribution in [0.2, 0.25) is 0 Å². The van der Waals surface area contributed by atoms with Crippen LogP contribution in [0.5, 0.6) is 0 Å². The summed E-state index contributed by atoms with van der Waals surface area (Å²) in [5, 5.41) is 12.3. The van der Waals surface area contributed by atoms with E-state index in [2.05, 4.69) is 27.4 Å². The van der Waals surface area contributed by atoms with E-state index in [-0.39, 0.29) is 6.10 Å². The third kappa shape index (κ3) is 2.79. The number of hydrogen-bond acceptors (Lipinski definition) is 4. The fraction of sp³-hybridized carbons (Fsp3) is 0.500. The third-order valence-electron chi connectivity index (χ3n) is 2.69. The number of anilines is 1. The Labute approximate surface area is 95.4 Å². The summed E-state index contributed by atoms with van der Waals surface area (Å²) in [6.45, 7) is 2.26. The summed E-state index contributed by atoms with van der Waals surface area (Å²) in [6, 6.07) is 1.97. The van der Waals surface area contributed by atoms with E-state index in [1.54, 1.807) is 13.3 Å². The Morgan fingerprint density at radius 2 is 2.19 bits per heavy atom. The van der Waals surface area contributed by atoms with Crippen molar-refractivity contribution in [2.75, 3.05) is 11.9 Å². The van der Waals surface area contributed by atoms with Crippen LogP contribution in [0.1, 0.15) is 31.4 Å². The Hall–Kier alpha value is -1.42. The summed E-state index contributed by atoms with van der Waals surface area (Å²) in [5.74, 6) is 1.29. The predicted molar refractivity (Wildman–Crippen MR) is 63.3 cm³/mol. The summed E-state index contributed by atoms with van der Waals surface area (Å²) < 4.78 is 0. The van der Waals surface area contributed by atoms with E-state index in [0.29, 0.717) is 12.5 Å². The molecule has 0 radical (unpaired) electrons. The molecule has 1 heterocycles. The van der Waals surface area contributed by atoms with Gasteiger partial charge in [0.15, 0.2) is 0 Å². The van der Waals surface area contributed by atoms with Gasteiger partial charge in [0.2, 0.25) is 0 Å². The summed E-state index contributed by atoms with van der Waals surface area (Å²) in [5.41, 5.74) is 1.08. The number of aromatic nitrogens is 2. The first-order chi connectivity index (χ1) is 7.75. The van der Waals surface area contributed by atoms with Gasteiger partial charge in [-0.1, -0.05) is 12.2 Å². The molecular formula is C12H17N3O. The molecule has 0 aromatic carbocycles. The first-order valence-corrected chi connectivity index (χ1v) is 5.64. The van der Waals surface area contributed by atoms with Crippen molar-refractivity contribution in [3.8, 4) is 0 Å². The first-order valence-electron chi connectivity index (χ1n) is 5.64. The van der Waals surface area contributed by atoms with Crippen LogP contribution in [0.3, 0.4) is 0 Å². The number of rotatable bonds is 4. The highest BCUT2D eigenvalue weighted by Gasteiger charge is 2.14. The van der Waals surface area contributed by atoms with Gasteiger partial charge in [0, 0.05) is 24.2 Å². The molecule has 86 valence electrons. The maximum absolute atomic E-state index is 9.18. The number of allylic oxidation sites excluding steroid dienone is 2. The molecule has 4 nitrogen and oxygen atoms in total. The zero-order chi connectivity index (χ0) is 11.4. The van der Waals surface area contributed by atoms with Crippen molar-refractivity contribution in [1.29, 1.82) is 0 Å². The van der Waals surface area contributed by atoms with Crippen molar-refractivity contribution < 1.29 is 5.11 Å². The van der Waals surface area contributed by atoms with E-state index in [9.17, 15) is 5.11 Å². The van der Waals surface area contributed by atoms with Crippen molar-refractivity contribution in [1.82, 2.24) is 9.97 Å². The molecular weight excluding hydrogens is 202 g/mol. The average molecular weight is 219 g/mol. The third-order valence-corrected chi connectivity index (χ3v) is 2.69. The van der Waals surface area contributed by atoms with E-state index in [1.165, 1.54) is 0 Å². The molecule has 1 unspecified atom stereocenters. The molecule has 0 fully saturated rings. The Bertz CT molecular complexity index is 368. The maximum Gasteiger partial charge on any atom is 0.129 e. The van der Waals surface area contributed by atoms with Crippen LogP contribution in [-0.4, -0.2) is 27.7 Å². The highest BCUT2D eigenvalue weighted by Crippen LogP contribution is 2.28. The van der Waals surface area contributed by atoms with Gasteiger partial charge >= 0.3 is 0 Å². The quantitative estimate of drug-likeness (QED) is 0.757. The van der Waals surface area contributed by atoms with Crippen LogP contribution < -0.4 is 5.32 Å². The van der Waals surface area contributed by atoms with Gasteiger partial charge in [0.05, 0.1) is 6.10 Å². The SMILES string of the molecule is CC(O)CNc1cc(C2CC=CC2)ncn1. The van der Waals surface area contributed by atoms with Gasteiger partial charge in [-0.2, -0.15) is 0 Å². The molecule has 1 atom stereocenters. The van der Waals surface area contributed by atoms with E-state index in [1.807, 2.05) is 6.07 Å². The van der Waals surface area contributed by atoms with Gasteiger partial charge in [-0.3, -0.25) is 0 Å². The Morgan fingerprint density at radius 3 is 2.88 bits per heavy atom. The van der Waals surface area contributed by atoms with Crippen molar-refractivity contribution in [3.63, 3.8) is 0 Å². The molecule has 0 saturated heterocycles. The predicted octanol–water partition coefficient (Wildman–Crippen LogP) is 1.70. The van der Waals surface area contributed by atoms with E-state index >= 15 is 0 Å². The monoisotopic (exact) mass is 219 g/mol. The molecule has 4 heteroatoms. The second-order valence-electron chi connectivity index (χ2n) is 4.20. The summed E-state index contributed by atoms with van der Waals surface area (Å²) in [6.07, 6.45) is 7.72.